The van der Waals surface area contributed by atoms with Crippen molar-refractivity contribution in [1.29, 1.82) is 0 Å². The predicted octanol–water partition coefficient (Wildman–Crippen LogP) is 5.33. The minimum absolute atomic E-state index is 0.818. The average molecular weight is 350 g/mol. The second kappa shape index (κ2) is 6.32. The molecule has 0 aliphatic rings. The van der Waals surface area contributed by atoms with Crippen LogP contribution in [-0.4, -0.2) is 19.5 Å². The summed E-state index contributed by atoms with van der Waals surface area (Å²) in [6.07, 6.45) is 0. The van der Waals surface area contributed by atoms with E-state index >= 15 is 0 Å². The summed E-state index contributed by atoms with van der Waals surface area (Å²) in [6, 6.07) is 26.4. The van der Waals surface area contributed by atoms with Crippen LogP contribution in [0, 0.1) is 0 Å². The molecule has 0 unspecified atom stereocenters. The molecule has 0 fully saturated rings. The molecule has 2 aromatic heterocycles. The number of hydrogen-bond acceptors (Lipinski definition) is 3. The molecule has 27 heavy (non-hydrogen) atoms. The van der Waals surface area contributed by atoms with Gasteiger partial charge in [0.25, 0.3) is 0 Å². The third kappa shape index (κ3) is 2.57. The fraction of sp³-hybridized carbons (Fsp3) is 0.0870. The fourth-order valence-electron chi connectivity index (χ4n) is 3.53. The number of para-hydroxylation sites is 4. The summed E-state index contributed by atoms with van der Waals surface area (Å²) in [6.45, 7) is 2.95. The van der Waals surface area contributed by atoms with Gasteiger partial charge in [0, 0.05) is 12.1 Å². The van der Waals surface area contributed by atoms with Crippen LogP contribution in [0.1, 0.15) is 6.92 Å². The minimum Gasteiger partial charge on any atom is -0.323 e. The van der Waals surface area contributed by atoms with Crippen molar-refractivity contribution in [3.8, 4) is 22.8 Å². The molecule has 0 radical (unpaired) electrons. The standard InChI is InChI=1S/C23H18N4/c1-2-27-20-15-9-8-14-19(20)26-23(27)22-21(16-10-4-3-5-11-16)24-17-12-6-7-13-18(17)25-22/h3-15H,2H2,1H3. The summed E-state index contributed by atoms with van der Waals surface area (Å²) in [5.41, 5.74) is 6.58. The van der Waals surface area contributed by atoms with Crippen molar-refractivity contribution >= 4 is 22.1 Å². The van der Waals surface area contributed by atoms with Gasteiger partial charge in [-0.15, -0.1) is 0 Å². The molecule has 0 amide bonds. The van der Waals surface area contributed by atoms with Crippen molar-refractivity contribution < 1.29 is 0 Å². The van der Waals surface area contributed by atoms with Crippen molar-refractivity contribution in [2.24, 2.45) is 0 Å². The zero-order chi connectivity index (χ0) is 18.2. The van der Waals surface area contributed by atoms with Crippen LogP contribution in [-0.2, 0) is 6.54 Å². The van der Waals surface area contributed by atoms with E-state index in [2.05, 4.69) is 29.7 Å². The van der Waals surface area contributed by atoms with E-state index in [4.69, 9.17) is 15.0 Å². The molecule has 0 spiro atoms. The first-order valence-corrected chi connectivity index (χ1v) is 9.13. The van der Waals surface area contributed by atoms with E-state index in [0.717, 1.165) is 51.4 Å². The van der Waals surface area contributed by atoms with Gasteiger partial charge in [0.15, 0.2) is 5.82 Å². The van der Waals surface area contributed by atoms with Gasteiger partial charge in [0.1, 0.15) is 11.4 Å². The van der Waals surface area contributed by atoms with Gasteiger partial charge in [-0.25, -0.2) is 15.0 Å². The Morgan fingerprint density at radius 1 is 0.630 bits per heavy atom. The maximum absolute atomic E-state index is 4.98. The van der Waals surface area contributed by atoms with E-state index in [1.54, 1.807) is 0 Å². The molecule has 4 heteroatoms. The summed E-state index contributed by atoms with van der Waals surface area (Å²) in [7, 11) is 0. The molecular formula is C23H18N4. The molecule has 130 valence electrons. The van der Waals surface area contributed by atoms with Crippen LogP contribution in [0.3, 0.4) is 0 Å². The van der Waals surface area contributed by atoms with Gasteiger partial charge >= 0.3 is 0 Å². The summed E-state index contributed by atoms with van der Waals surface area (Å²) in [5, 5.41) is 0. The van der Waals surface area contributed by atoms with Gasteiger partial charge in [-0.3, -0.25) is 0 Å². The van der Waals surface area contributed by atoms with Crippen molar-refractivity contribution in [2.45, 2.75) is 13.5 Å². The van der Waals surface area contributed by atoms with E-state index < -0.39 is 0 Å². The van der Waals surface area contributed by atoms with Crippen LogP contribution in [0.15, 0.2) is 78.9 Å². The quantitative estimate of drug-likeness (QED) is 0.441. The monoisotopic (exact) mass is 350 g/mol. The molecule has 0 atom stereocenters. The van der Waals surface area contributed by atoms with Crippen molar-refractivity contribution in [3.63, 3.8) is 0 Å². The SMILES string of the molecule is CCn1c(-c2nc3ccccc3nc2-c2ccccc2)nc2ccccc21. The number of hydrogen-bond donors (Lipinski definition) is 0. The number of aryl methyl sites for hydroxylation is 1. The van der Waals surface area contributed by atoms with Crippen LogP contribution in [0.25, 0.3) is 44.8 Å². The van der Waals surface area contributed by atoms with Crippen LogP contribution in [0.5, 0.6) is 0 Å². The van der Waals surface area contributed by atoms with Gasteiger partial charge in [0.05, 0.1) is 22.1 Å². The smallest absolute Gasteiger partial charge is 0.162 e. The van der Waals surface area contributed by atoms with E-state index in [1.165, 1.54) is 0 Å². The molecule has 0 aliphatic heterocycles. The van der Waals surface area contributed by atoms with Gasteiger partial charge in [-0.2, -0.15) is 0 Å². The highest BCUT2D eigenvalue weighted by molar-refractivity contribution is 5.88. The van der Waals surface area contributed by atoms with Gasteiger partial charge in [-0.05, 0) is 31.2 Å². The largest absolute Gasteiger partial charge is 0.323 e. The molecular weight excluding hydrogens is 332 g/mol. The normalized spacial score (nSPS) is 11.3. The number of benzene rings is 3. The molecule has 0 aliphatic carbocycles. The number of aromatic nitrogens is 4. The highest BCUT2D eigenvalue weighted by atomic mass is 15.1. The Bertz CT molecular complexity index is 1260. The first-order valence-electron chi connectivity index (χ1n) is 9.13. The first kappa shape index (κ1) is 15.7. The summed E-state index contributed by atoms with van der Waals surface area (Å²) < 4.78 is 2.21. The molecule has 5 aromatic rings. The second-order valence-corrected chi connectivity index (χ2v) is 6.44. The Kier molecular flexibility index (Phi) is 3.68. The lowest BCUT2D eigenvalue weighted by Gasteiger charge is -2.11. The number of imidazole rings is 1. The fourth-order valence-corrected chi connectivity index (χ4v) is 3.53. The number of rotatable bonds is 3. The Balaban J connectivity index is 1.87. The van der Waals surface area contributed by atoms with Crippen LogP contribution in [0.2, 0.25) is 0 Å². The number of fused-ring (bicyclic) bond motifs is 2. The van der Waals surface area contributed by atoms with E-state index in [1.807, 2.05) is 60.7 Å². The van der Waals surface area contributed by atoms with Crippen molar-refractivity contribution in [1.82, 2.24) is 19.5 Å². The lowest BCUT2D eigenvalue weighted by Crippen LogP contribution is -2.02. The molecule has 4 nitrogen and oxygen atoms in total. The maximum Gasteiger partial charge on any atom is 0.162 e. The van der Waals surface area contributed by atoms with Gasteiger partial charge in [-0.1, -0.05) is 54.6 Å². The topological polar surface area (TPSA) is 43.6 Å². The molecule has 2 heterocycles. The Morgan fingerprint density at radius 3 is 1.93 bits per heavy atom. The predicted molar refractivity (Wildman–Crippen MR) is 109 cm³/mol. The molecule has 0 N–H and O–H groups in total. The Hall–Kier alpha value is -3.53. The summed E-state index contributed by atoms with van der Waals surface area (Å²) >= 11 is 0. The number of nitrogens with zero attached hydrogens (tertiary/aromatic N) is 4. The molecule has 0 saturated carbocycles. The van der Waals surface area contributed by atoms with Gasteiger partial charge in [0.2, 0.25) is 0 Å². The molecule has 0 saturated heterocycles. The second-order valence-electron chi connectivity index (χ2n) is 6.44. The maximum atomic E-state index is 4.98. The molecule has 3 aromatic carbocycles. The first-order chi connectivity index (χ1) is 13.3. The third-order valence-corrected chi connectivity index (χ3v) is 4.80. The molecule has 0 bridgehead atoms. The van der Waals surface area contributed by atoms with Crippen molar-refractivity contribution in [2.75, 3.05) is 0 Å². The summed E-state index contributed by atoms with van der Waals surface area (Å²) in [5.74, 6) is 0.857. The zero-order valence-corrected chi connectivity index (χ0v) is 15.0. The third-order valence-electron chi connectivity index (χ3n) is 4.80. The minimum atomic E-state index is 0.818. The Labute approximate surface area is 157 Å². The van der Waals surface area contributed by atoms with E-state index in [0.29, 0.717) is 0 Å². The average Bonchev–Trinajstić information content (AvgIpc) is 3.12. The summed E-state index contributed by atoms with van der Waals surface area (Å²) in [4.78, 5) is 14.8. The van der Waals surface area contributed by atoms with Crippen LogP contribution < -0.4 is 0 Å². The van der Waals surface area contributed by atoms with E-state index in [-0.39, 0.29) is 0 Å². The van der Waals surface area contributed by atoms with Gasteiger partial charge < -0.3 is 4.57 Å². The van der Waals surface area contributed by atoms with Crippen LogP contribution >= 0.6 is 0 Å². The van der Waals surface area contributed by atoms with E-state index in [9.17, 15) is 0 Å². The lowest BCUT2D eigenvalue weighted by atomic mass is 10.1. The zero-order valence-electron chi connectivity index (χ0n) is 15.0. The van der Waals surface area contributed by atoms with Crippen LogP contribution in [0.4, 0.5) is 0 Å². The van der Waals surface area contributed by atoms with Crippen molar-refractivity contribution in [3.05, 3.63) is 78.9 Å². The highest BCUT2D eigenvalue weighted by Crippen LogP contribution is 2.32. The lowest BCUT2D eigenvalue weighted by molar-refractivity contribution is 0.793. The molecule has 5 rings (SSSR count). The highest BCUT2D eigenvalue weighted by Gasteiger charge is 2.19. The Morgan fingerprint density at radius 2 is 1.22 bits per heavy atom.